The summed E-state index contributed by atoms with van der Waals surface area (Å²) in [5.74, 6) is 0.337. The minimum atomic E-state index is -0.770. The van der Waals surface area contributed by atoms with E-state index < -0.39 is 11.9 Å². The van der Waals surface area contributed by atoms with Crippen LogP contribution in [0.15, 0.2) is 6.07 Å². The van der Waals surface area contributed by atoms with Gasteiger partial charge in [-0.1, -0.05) is 18.3 Å². The first-order valence-corrected chi connectivity index (χ1v) is 13.0. The largest absolute Gasteiger partial charge is 0.514 e. The number of methoxy groups -OCH3 is 1. The van der Waals surface area contributed by atoms with E-state index in [1.54, 1.807) is 0 Å². The molecule has 2 heterocycles. The van der Waals surface area contributed by atoms with Gasteiger partial charge in [0.25, 0.3) is 0 Å². The normalized spacial score (nSPS) is 26.0. The van der Waals surface area contributed by atoms with Gasteiger partial charge in [0, 0.05) is 24.8 Å². The van der Waals surface area contributed by atoms with Crippen molar-refractivity contribution in [3.63, 3.8) is 0 Å². The predicted molar refractivity (Wildman–Crippen MR) is 126 cm³/mol. The van der Waals surface area contributed by atoms with Crippen LogP contribution >= 0.6 is 33.9 Å². The molecule has 1 aromatic rings. The molecule has 1 spiro atoms. The van der Waals surface area contributed by atoms with Crippen molar-refractivity contribution in [1.82, 2.24) is 0 Å². The van der Waals surface area contributed by atoms with Gasteiger partial charge in [-0.2, -0.15) is 0 Å². The molecule has 1 saturated heterocycles. The molecular formula is C22H30INO6S. The molecule has 2 saturated carbocycles. The number of ether oxygens (including phenoxy) is 4. The van der Waals surface area contributed by atoms with Crippen LogP contribution in [-0.4, -0.2) is 44.2 Å². The average Bonchev–Trinajstić information content (AvgIpc) is 3.36. The van der Waals surface area contributed by atoms with E-state index in [0.29, 0.717) is 29.9 Å². The number of anilines is 1. The zero-order chi connectivity index (χ0) is 22.0. The van der Waals surface area contributed by atoms with Gasteiger partial charge in [0.15, 0.2) is 5.79 Å². The minimum absolute atomic E-state index is 0.00889. The lowest BCUT2D eigenvalue weighted by molar-refractivity contribution is -0.179. The van der Waals surface area contributed by atoms with E-state index >= 15 is 0 Å². The average molecular weight is 563 g/mol. The Morgan fingerprint density at radius 2 is 1.77 bits per heavy atom. The Morgan fingerprint density at radius 3 is 2.39 bits per heavy atom. The summed E-state index contributed by atoms with van der Waals surface area (Å²) in [6.07, 6.45) is 6.31. The van der Waals surface area contributed by atoms with Gasteiger partial charge in [-0.25, -0.2) is 4.79 Å². The second-order valence-electron chi connectivity index (χ2n) is 8.78. The van der Waals surface area contributed by atoms with Gasteiger partial charge < -0.3 is 23.8 Å². The summed E-state index contributed by atoms with van der Waals surface area (Å²) < 4.78 is 22.9. The number of carbonyl (C=O) groups excluding carboxylic acids is 2. The Morgan fingerprint density at radius 1 is 1.13 bits per heavy atom. The van der Waals surface area contributed by atoms with Crippen molar-refractivity contribution in [3.05, 3.63) is 8.95 Å². The first-order chi connectivity index (χ1) is 14.9. The number of nitrogens with zero attached hydrogens (tertiary/aromatic N) is 1. The Bertz CT molecular complexity index is 790. The van der Waals surface area contributed by atoms with Gasteiger partial charge in [0.2, 0.25) is 11.0 Å². The first-order valence-electron chi connectivity index (χ1n) is 11.1. The van der Waals surface area contributed by atoms with Crippen LogP contribution in [-0.2, 0) is 19.0 Å². The zero-order valence-electron chi connectivity index (χ0n) is 18.1. The van der Waals surface area contributed by atoms with E-state index in [1.807, 2.05) is 11.0 Å². The fourth-order valence-corrected chi connectivity index (χ4v) is 6.59. The van der Waals surface area contributed by atoms with Crippen molar-refractivity contribution in [3.8, 4) is 5.06 Å². The van der Waals surface area contributed by atoms with Gasteiger partial charge in [-0.15, -0.1) is 0 Å². The number of halogens is 1. The lowest BCUT2D eigenvalue weighted by atomic mass is 9.81. The monoisotopic (exact) mass is 563 g/mol. The molecule has 31 heavy (non-hydrogen) atoms. The highest BCUT2D eigenvalue weighted by Crippen LogP contribution is 2.45. The molecule has 4 rings (SSSR count). The fourth-order valence-electron chi connectivity index (χ4n) is 4.98. The Kier molecular flexibility index (Phi) is 7.45. The van der Waals surface area contributed by atoms with Crippen LogP contribution in [0.1, 0.15) is 58.3 Å². The molecule has 0 bridgehead atoms. The van der Waals surface area contributed by atoms with Crippen LogP contribution in [0.2, 0.25) is 0 Å². The van der Waals surface area contributed by atoms with E-state index in [9.17, 15) is 9.59 Å². The van der Waals surface area contributed by atoms with Crippen molar-refractivity contribution >= 4 is 51.7 Å². The second-order valence-corrected chi connectivity index (χ2v) is 11.7. The quantitative estimate of drug-likeness (QED) is 0.364. The lowest BCUT2D eigenvalue weighted by Crippen LogP contribution is -2.49. The molecule has 0 N–H and O–H groups in total. The fraction of sp³-hybridized carbons (Fsp3) is 0.727. The Labute approximate surface area is 200 Å². The Balaban J connectivity index is 1.60. The molecule has 9 heteroatoms. The molecular weight excluding hydrogens is 533 g/mol. The number of amides is 1. The highest BCUT2D eigenvalue weighted by Gasteiger charge is 2.44. The highest BCUT2D eigenvalue weighted by molar-refractivity contribution is 14.1. The van der Waals surface area contributed by atoms with Gasteiger partial charge in [-0.05, 0) is 73.1 Å². The number of hydrogen-bond donors (Lipinski definition) is 0. The van der Waals surface area contributed by atoms with Crippen LogP contribution in [0.3, 0.4) is 0 Å². The summed E-state index contributed by atoms with van der Waals surface area (Å²) in [5, 5.41) is 0.419. The van der Waals surface area contributed by atoms with E-state index in [-0.39, 0.29) is 17.9 Å². The molecule has 1 aromatic heterocycles. The molecule has 0 radical (unpaired) electrons. The number of carbonyl (C=O) groups is 2. The van der Waals surface area contributed by atoms with Gasteiger partial charge in [-0.3, -0.25) is 4.79 Å². The summed E-state index contributed by atoms with van der Waals surface area (Å²) in [6.45, 7) is 3.52. The number of hydrogen-bond acceptors (Lipinski definition) is 7. The van der Waals surface area contributed by atoms with Crippen molar-refractivity contribution in [2.24, 2.45) is 11.8 Å². The van der Waals surface area contributed by atoms with Crippen LogP contribution in [0.4, 0.5) is 10.5 Å². The SMILES string of the molecule is COC(=O)Oc1sc(I)cc1N(C(=O)[C@H]1CC[C@H](C)CC1)C1CCC2(CC1)OCCO2. The van der Waals surface area contributed by atoms with Crippen molar-refractivity contribution < 1.29 is 28.5 Å². The third-order valence-corrected chi connectivity index (χ3v) is 8.51. The molecule has 0 unspecified atom stereocenters. The van der Waals surface area contributed by atoms with Crippen LogP contribution in [0, 0.1) is 14.7 Å². The molecule has 3 fully saturated rings. The van der Waals surface area contributed by atoms with E-state index in [1.165, 1.54) is 18.4 Å². The zero-order valence-corrected chi connectivity index (χ0v) is 21.0. The maximum absolute atomic E-state index is 13.8. The van der Waals surface area contributed by atoms with Crippen LogP contribution < -0.4 is 9.64 Å². The summed E-state index contributed by atoms with van der Waals surface area (Å²) in [5.41, 5.74) is 0.678. The molecule has 172 valence electrons. The third kappa shape index (κ3) is 5.20. The summed E-state index contributed by atoms with van der Waals surface area (Å²) in [7, 11) is 1.29. The summed E-state index contributed by atoms with van der Waals surface area (Å²) >= 11 is 3.56. The predicted octanol–water partition coefficient (Wildman–Crippen LogP) is 5.34. The molecule has 0 aromatic carbocycles. The second kappa shape index (κ2) is 9.93. The standard InChI is InChI=1S/C22H30INO6S/c1-14-3-5-15(6-4-14)19(25)24(16-7-9-22(10-8-16)28-11-12-29-22)17-13-18(23)31-20(17)30-21(26)27-2/h13-16H,3-12H2,1-2H3/t14-,15-. The van der Waals surface area contributed by atoms with E-state index in [2.05, 4.69) is 29.5 Å². The van der Waals surface area contributed by atoms with Crippen molar-refractivity contribution in [1.29, 1.82) is 0 Å². The highest BCUT2D eigenvalue weighted by atomic mass is 127. The van der Waals surface area contributed by atoms with Crippen LogP contribution in [0.25, 0.3) is 0 Å². The van der Waals surface area contributed by atoms with E-state index in [4.69, 9.17) is 18.9 Å². The first kappa shape index (κ1) is 23.3. The maximum atomic E-state index is 13.8. The third-order valence-electron chi connectivity index (χ3n) is 6.75. The van der Waals surface area contributed by atoms with Gasteiger partial charge in [0.05, 0.1) is 28.9 Å². The summed E-state index contributed by atoms with van der Waals surface area (Å²) in [4.78, 5) is 27.6. The minimum Gasteiger partial charge on any atom is -0.437 e. The van der Waals surface area contributed by atoms with Gasteiger partial charge in [0.1, 0.15) is 0 Å². The molecule has 7 nitrogen and oxygen atoms in total. The maximum Gasteiger partial charge on any atom is 0.514 e. The Hall–Kier alpha value is -0.910. The van der Waals surface area contributed by atoms with E-state index in [0.717, 1.165) is 54.3 Å². The topological polar surface area (TPSA) is 74.3 Å². The summed E-state index contributed by atoms with van der Waals surface area (Å²) in [6, 6.07) is 1.97. The smallest absolute Gasteiger partial charge is 0.437 e. The lowest BCUT2D eigenvalue weighted by Gasteiger charge is -2.41. The molecule has 1 aliphatic heterocycles. The number of rotatable bonds is 4. The molecule has 3 aliphatic rings. The van der Waals surface area contributed by atoms with Crippen molar-refractivity contribution in [2.75, 3.05) is 25.2 Å². The molecule has 0 atom stereocenters. The molecule has 2 aliphatic carbocycles. The number of thiophene rings is 1. The van der Waals surface area contributed by atoms with Crippen molar-refractivity contribution in [2.45, 2.75) is 70.1 Å². The molecule has 1 amide bonds. The van der Waals surface area contributed by atoms with Crippen LogP contribution in [0.5, 0.6) is 5.06 Å². The van der Waals surface area contributed by atoms with Gasteiger partial charge >= 0.3 is 6.16 Å².